The van der Waals surface area contributed by atoms with Crippen molar-refractivity contribution in [1.82, 2.24) is 19.6 Å². The van der Waals surface area contributed by atoms with E-state index < -0.39 is 0 Å². The van der Waals surface area contributed by atoms with Gasteiger partial charge in [-0.3, -0.25) is 14.3 Å². The van der Waals surface area contributed by atoms with E-state index in [0.29, 0.717) is 12.2 Å². The van der Waals surface area contributed by atoms with Crippen molar-refractivity contribution in [3.05, 3.63) is 76.5 Å². The maximum atomic E-state index is 12.2. The Kier molecular flexibility index (Phi) is 4.01. The first-order valence-electron chi connectivity index (χ1n) is 7.04. The van der Waals surface area contributed by atoms with Crippen molar-refractivity contribution >= 4 is 11.6 Å². The van der Waals surface area contributed by atoms with Crippen molar-refractivity contribution in [2.75, 3.05) is 5.32 Å². The number of aromatic nitrogens is 4. The zero-order valence-corrected chi connectivity index (χ0v) is 12.5. The predicted octanol–water partition coefficient (Wildman–Crippen LogP) is 1.28. The second-order valence-electron chi connectivity index (χ2n) is 5.06. The van der Waals surface area contributed by atoms with Gasteiger partial charge >= 0.3 is 0 Å². The van der Waals surface area contributed by atoms with Gasteiger partial charge in [0.15, 0.2) is 0 Å². The highest BCUT2D eigenvalue weighted by molar-refractivity contribution is 6.02. The topological polar surface area (TPSA) is 81.8 Å². The largest absolute Gasteiger partial charge is 0.318 e. The first-order chi connectivity index (χ1) is 11.1. The molecule has 1 amide bonds. The Balaban J connectivity index is 1.82. The summed E-state index contributed by atoms with van der Waals surface area (Å²) in [6.07, 6.45) is 3.22. The number of anilines is 1. The van der Waals surface area contributed by atoms with Crippen LogP contribution in [0.1, 0.15) is 16.1 Å². The van der Waals surface area contributed by atoms with Gasteiger partial charge in [0.2, 0.25) is 0 Å². The van der Waals surface area contributed by atoms with Crippen LogP contribution >= 0.6 is 0 Å². The van der Waals surface area contributed by atoms with Gasteiger partial charge in [-0.1, -0.05) is 30.3 Å². The minimum atomic E-state index is -0.389. The van der Waals surface area contributed by atoms with Gasteiger partial charge in [0, 0.05) is 19.3 Å². The van der Waals surface area contributed by atoms with E-state index in [2.05, 4.69) is 15.5 Å². The number of hydrogen-bond acceptors (Lipinski definition) is 4. The Morgan fingerprint density at radius 1 is 1.17 bits per heavy atom. The zero-order chi connectivity index (χ0) is 16.2. The first-order valence-corrected chi connectivity index (χ1v) is 7.04. The fraction of sp³-hybridized carbons (Fsp3) is 0.125. The van der Waals surface area contributed by atoms with Gasteiger partial charge in [0.25, 0.3) is 11.5 Å². The summed E-state index contributed by atoms with van der Waals surface area (Å²) in [6, 6.07) is 12.2. The van der Waals surface area contributed by atoms with Crippen LogP contribution in [-0.2, 0) is 13.6 Å². The molecule has 0 fully saturated rings. The number of benzene rings is 1. The SMILES string of the molecule is Cn1cc(NC(=O)c2ccc(=O)n(Cc3ccccc3)n2)cn1. The Morgan fingerprint density at radius 2 is 1.96 bits per heavy atom. The number of carbonyl (C=O) groups is 1. The normalized spacial score (nSPS) is 10.5. The monoisotopic (exact) mass is 309 g/mol. The summed E-state index contributed by atoms with van der Waals surface area (Å²) in [5, 5.41) is 10.8. The number of hydrogen-bond donors (Lipinski definition) is 1. The number of aryl methyl sites for hydroxylation is 1. The van der Waals surface area contributed by atoms with E-state index in [1.54, 1.807) is 17.9 Å². The third-order valence-corrected chi connectivity index (χ3v) is 3.24. The van der Waals surface area contributed by atoms with E-state index in [1.807, 2.05) is 30.3 Å². The van der Waals surface area contributed by atoms with Crippen molar-refractivity contribution in [3.8, 4) is 0 Å². The van der Waals surface area contributed by atoms with Crippen molar-refractivity contribution in [2.45, 2.75) is 6.54 Å². The summed E-state index contributed by atoms with van der Waals surface area (Å²) in [5.74, 6) is -0.389. The quantitative estimate of drug-likeness (QED) is 0.787. The lowest BCUT2D eigenvalue weighted by Crippen LogP contribution is -2.26. The maximum Gasteiger partial charge on any atom is 0.276 e. The van der Waals surface area contributed by atoms with Gasteiger partial charge in [0.1, 0.15) is 5.69 Å². The number of nitrogens with zero attached hydrogens (tertiary/aromatic N) is 4. The van der Waals surface area contributed by atoms with Crippen LogP contribution in [0.25, 0.3) is 0 Å². The van der Waals surface area contributed by atoms with E-state index in [9.17, 15) is 9.59 Å². The Hall–Kier alpha value is -3.22. The first kappa shape index (κ1) is 14.7. The maximum absolute atomic E-state index is 12.2. The average molecular weight is 309 g/mol. The van der Waals surface area contributed by atoms with E-state index in [-0.39, 0.29) is 17.2 Å². The van der Waals surface area contributed by atoms with Crippen LogP contribution < -0.4 is 10.9 Å². The van der Waals surface area contributed by atoms with Crippen LogP contribution in [0.15, 0.2) is 59.7 Å². The standard InChI is InChI=1S/C16H15N5O2/c1-20-11-13(9-17-20)18-16(23)14-7-8-15(22)21(19-14)10-12-5-3-2-4-6-12/h2-9,11H,10H2,1H3,(H,18,23). The van der Waals surface area contributed by atoms with Crippen LogP contribution in [0.4, 0.5) is 5.69 Å². The highest BCUT2D eigenvalue weighted by atomic mass is 16.2. The highest BCUT2D eigenvalue weighted by Gasteiger charge is 2.11. The third kappa shape index (κ3) is 3.52. The minimum Gasteiger partial charge on any atom is -0.318 e. The van der Waals surface area contributed by atoms with Gasteiger partial charge in [-0.2, -0.15) is 10.2 Å². The van der Waals surface area contributed by atoms with E-state index >= 15 is 0 Å². The van der Waals surface area contributed by atoms with Crippen molar-refractivity contribution in [1.29, 1.82) is 0 Å². The molecule has 0 unspecified atom stereocenters. The van der Waals surface area contributed by atoms with E-state index in [4.69, 9.17) is 0 Å². The molecule has 1 aromatic carbocycles. The fourth-order valence-corrected chi connectivity index (χ4v) is 2.12. The molecule has 0 aliphatic heterocycles. The Bertz CT molecular complexity index is 883. The van der Waals surface area contributed by atoms with Crippen LogP contribution in [0, 0.1) is 0 Å². The van der Waals surface area contributed by atoms with Crippen LogP contribution in [0.3, 0.4) is 0 Å². The molecule has 0 aliphatic carbocycles. The molecule has 0 radical (unpaired) electrons. The molecule has 0 bridgehead atoms. The van der Waals surface area contributed by atoms with Gasteiger partial charge in [-0.15, -0.1) is 0 Å². The summed E-state index contributed by atoms with van der Waals surface area (Å²) in [7, 11) is 1.76. The average Bonchev–Trinajstić information content (AvgIpc) is 2.95. The Labute approximate surface area is 132 Å². The minimum absolute atomic E-state index is 0.171. The van der Waals surface area contributed by atoms with Crippen LogP contribution in [-0.4, -0.2) is 25.5 Å². The molecule has 0 spiro atoms. The second-order valence-corrected chi connectivity index (χ2v) is 5.06. The van der Waals surface area contributed by atoms with Crippen molar-refractivity contribution in [3.63, 3.8) is 0 Å². The molecule has 2 heterocycles. The summed E-state index contributed by atoms with van der Waals surface area (Å²) in [5.41, 5.74) is 1.42. The molecule has 116 valence electrons. The van der Waals surface area contributed by atoms with Crippen molar-refractivity contribution in [2.24, 2.45) is 7.05 Å². The van der Waals surface area contributed by atoms with Crippen LogP contribution in [0.2, 0.25) is 0 Å². The molecule has 2 aromatic heterocycles. The van der Waals surface area contributed by atoms with Gasteiger partial charge < -0.3 is 5.32 Å². The van der Waals surface area contributed by atoms with Crippen LogP contribution in [0.5, 0.6) is 0 Å². The third-order valence-electron chi connectivity index (χ3n) is 3.24. The molecule has 0 atom stereocenters. The number of carbonyl (C=O) groups excluding carboxylic acids is 1. The molecule has 23 heavy (non-hydrogen) atoms. The Morgan fingerprint density at radius 3 is 2.65 bits per heavy atom. The van der Waals surface area contributed by atoms with E-state index in [1.165, 1.54) is 23.0 Å². The number of rotatable bonds is 4. The number of nitrogens with one attached hydrogen (secondary N) is 1. The molecular weight excluding hydrogens is 294 g/mol. The molecular formula is C16H15N5O2. The predicted molar refractivity (Wildman–Crippen MR) is 85.2 cm³/mol. The summed E-state index contributed by atoms with van der Waals surface area (Å²) in [6.45, 7) is 0.313. The molecule has 1 N–H and O–H groups in total. The molecule has 0 aliphatic rings. The summed E-state index contributed by atoms with van der Waals surface area (Å²) in [4.78, 5) is 24.1. The molecule has 0 saturated heterocycles. The molecule has 3 aromatic rings. The molecule has 0 saturated carbocycles. The van der Waals surface area contributed by atoms with Gasteiger partial charge in [-0.25, -0.2) is 4.68 Å². The highest BCUT2D eigenvalue weighted by Crippen LogP contribution is 2.06. The molecule has 3 rings (SSSR count). The van der Waals surface area contributed by atoms with Crippen molar-refractivity contribution < 1.29 is 4.79 Å². The lowest BCUT2D eigenvalue weighted by Gasteiger charge is -2.07. The lowest BCUT2D eigenvalue weighted by molar-refractivity contribution is 0.102. The van der Waals surface area contributed by atoms with Gasteiger partial charge in [0.05, 0.1) is 18.4 Å². The number of amides is 1. The summed E-state index contributed by atoms with van der Waals surface area (Å²) < 4.78 is 2.85. The molecule has 7 heteroatoms. The fourth-order valence-electron chi connectivity index (χ4n) is 2.12. The lowest BCUT2D eigenvalue weighted by atomic mass is 10.2. The summed E-state index contributed by atoms with van der Waals surface area (Å²) >= 11 is 0. The van der Waals surface area contributed by atoms with Gasteiger partial charge in [-0.05, 0) is 11.6 Å². The molecule has 7 nitrogen and oxygen atoms in total. The van der Waals surface area contributed by atoms with E-state index in [0.717, 1.165) is 5.56 Å². The zero-order valence-electron chi connectivity index (χ0n) is 12.5. The smallest absolute Gasteiger partial charge is 0.276 e. The second kappa shape index (κ2) is 6.27.